The zero-order valence-corrected chi connectivity index (χ0v) is 16.6. The van der Waals surface area contributed by atoms with E-state index in [-0.39, 0.29) is 5.78 Å². The van der Waals surface area contributed by atoms with Gasteiger partial charge in [-0.3, -0.25) is 4.79 Å². The third-order valence-electron chi connectivity index (χ3n) is 4.40. The van der Waals surface area contributed by atoms with Gasteiger partial charge in [0.1, 0.15) is 0 Å². The van der Waals surface area contributed by atoms with Crippen molar-refractivity contribution in [2.45, 2.75) is 20.8 Å². The van der Waals surface area contributed by atoms with Crippen molar-refractivity contribution in [2.75, 3.05) is 0 Å². The van der Waals surface area contributed by atoms with Gasteiger partial charge in [-0.05, 0) is 32.0 Å². The van der Waals surface area contributed by atoms with Gasteiger partial charge >= 0.3 is 0 Å². The van der Waals surface area contributed by atoms with Crippen LogP contribution in [0.2, 0.25) is 0 Å². The summed E-state index contributed by atoms with van der Waals surface area (Å²) in [6.45, 7) is 5.45. The number of Topliss-reactive ketones (excluding diaryl/α,β-unsaturated/α-hetero) is 1. The average Bonchev–Trinajstić information content (AvgIpc) is 3.31. The third-order valence-corrected chi connectivity index (χ3v) is 5.40. The van der Waals surface area contributed by atoms with E-state index >= 15 is 0 Å². The molecule has 4 aromatic rings. The number of fused-ring (bicyclic) bond motifs is 1. The van der Waals surface area contributed by atoms with Crippen LogP contribution >= 0.6 is 11.3 Å². The fourth-order valence-corrected chi connectivity index (χ4v) is 3.64. The van der Waals surface area contributed by atoms with E-state index in [0.717, 1.165) is 33.4 Å². The first kappa shape index (κ1) is 18.1. The van der Waals surface area contributed by atoms with Crippen LogP contribution in [0.1, 0.15) is 34.8 Å². The van der Waals surface area contributed by atoms with Crippen LogP contribution in [0.25, 0.3) is 16.6 Å². The van der Waals surface area contributed by atoms with Crippen molar-refractivity contribution >= 4 is 33.7 Å². The number of hydrogen-bond donors (Lipinski definition) is 1. The highest BCUT2D eigenvalue weighted by atomic mass is 32.1. The molecule has 0 aliphatic carbocycles. The number of nitrogens with zero attached hydrogens (tertiary/aromatic N) is 4. The maximum atomic E-state index is 11.8. The summed E-state index contributed by atoms with van der Waals surface area (Å²) in [4.78, 5) is 15.6. The van der Waals surface area contributed by atoms with Gasteiger partial charge in [-0.2, -0.15) is 10.2 Å². The lowest BCUT2D eigenvalue weighted by Crippen LogP contribution is -2.14. The molecule has 2 heterocycles. The number of carbonyl (C=O) groups excluding carboxylic acids is 1. The Bertz CT molecular complexity index is 1260. The van der Waals surface area contributed by atoms with E-state index in [9.17, 15) is 4.79 Å². The van der Waals surface area contributed by atoms with E-state index in [1.54, 1.807) is 4.68 Å². The standard InChI is InChI=1S/C21H19N5OS/c1-13-8-10-16(11-9-13)26-21(28-20(25-26)15(3)27)24-23-14(2)18-12-22-19-7-5-4-6-17(18)19/h4-12,22H,1-3H3/b23-14-,24-21-. The maximum absolute atomic E-state index is 11.8. The van der Waals surface area contributed by atoms with Gasteiger partial charge in [0, 0.05) is 29.6 Å². The SMILES string of the molecule is CC(=O)c1nn(-c2ccc(C)cc2)/c(=N/N=C(/C)c2c[nH]c3ccccc23)s1. The summed E-state index contributed by atoms with van der Waals surface area (Å²) in [7, 11) is 0. The van der Waals surface area contributed by atoms with Crippen LogP contribution < -0.4 is 4.80 Å². The lowest BCUT2D eigenvalue weighted by atomic mass is 10.1. The number of benzene rings is 2. The largest absolute Gasteiger partial charge is 0.360 e. The Balaban J connectivity index is 1.81. The lowest BCUT2D eigenvalue weighted by molar-refractivity contribution is 0.101. The third kappa shape index (κ3) is 3.44. The van der Waals surface area contributed by atoms with Crippen molar-refractivity contribution in [3.8, 4) is 5.69 Å². The highest BCUT2D eigenvalue weighted by molar-refractivity contribution is 7.10. The van der Waals surface area contributed by atoms with Crippen LogP contribution in [0.4, 0.5) is 0 Å². The van der Waals surface area contributed by atoms with Crippen LogP contribution in [-0.2, 0) is 0 Å². The molecule has 7 heteroatoms. The van der Waals surface area contributed by atoms with Crippen molar-refractivity contribution in [2.24, 2.45) is 10.2 Å². The van der Waals surface area contributed by atoms with E-state index < -0.39 is 0 Å². The number of H-pyrrole nitrogens is 1. The number of aryl methyl sites for hydroxylation is 1. The molecule has 0 saturated heterocycles. The molecule has 0 saturated carbocycles. The second kappa shape index (κ2) is 7.36. The normalized spacial score (nSPS) is 12.7. The first-order valence-corrected chi connectivity index (χ1v) is 9.67. The van der Waals surface area contributed by atoms with E-state index in [2.05, 4.69) is 20.3 Å². The molecule has 0 radical (unpaired) electrons. The number of nitrogens with one attached hydrogen (secondary N) is 1. The van der Waals surface area contributed by atoms with E-state index in [1.807, 2.05) is 68.6 Å². The monoisotopic (exact) mass is 389 g/mol. The molecule has 1 N–H and O–H groups in total. The highest BCUT2D eigenvalue weighted by Gasteiger charge is 2.11. The zero-order chi connectivity index (χ0) is 19.7. The Hall–Kier alpha value is -3.32. The molecule has 0 unspecified atom stereocenters. The maximum Gasteiger partial charge on any atom is 0.233 e. The molecule has 0 atom stereocenters. The smallest absolute Gasteiger partial charge is 0.233 e. The van der Waals surface area contributed by atoms with Gasteiger partial charge in [0.05, 0.1) is 11.4 Å². The second-order valence-electron chi connectivity index (χ2n) is 6.53. The van der Waals surface area contributed by atoms with Gasteiger partial charge in [0.2, 0.25) is 4.80 Å². The molecule has 2 aromatic carbocycles. The first-order valence-electron chi connectivity index (χ1n) is 8.86. The van der Waals surface area contributed by atoms with Gasteiger partial charge in [0.25, 0.3) is 0 Å². The summed E-state index contributed by atoms with van der Waals surface area (Å²) in [5.74, 6) is -0.0929. The molecule has 6 nitrogen and oxygen atoms in total. The molecule has 4 rings (SSSR count). The van der Waals surface area contributed by atoms with Gasteiger partial charge < -0.3 is 4.98 Å². The van der Waals surface area contributed by atoms with Crippen LogP contribution in [0.15, 0.2) is 64.9 Å². The number of aromatic amines is 1. The van der Waals surface area contributed by atoms with Gasteiger partial charge in [-0.15, -0.1) is 5.10 Å². The fourth-order valence-electron chi connectivity index (χ4n) is 2.89. The molecule has 140 valence electrons. The summed E-state index contributed by atoms with van der Waals surface area (Å²) in [5.41, 5.74) is 4.83. The van der Waals surface area contributed by atoms with Gasteiger partial charge in [0.15, 0.2) is 10.8 Å². The number of aromatic nitrogens is 3. The first-order chi connectivity index (χ1) is 13.5. The summed E-state index contributed by atoms with van der Waals surface area (Å²) >= 11 is 1.23. The number of rotatable bonds is 4. The van der Waals surface area contributed by atoms with Crippen LogP contribution in [0.3, 0.4) is 0 Å². The molecule has 0 aliphatic heterocycles. The average molecular weight is 389 g/mol. The highest BCUT2D eigenvalue weighted by Crippen LogP contribution is 2.18. The Labute approximate surface area is 165 Å². The van der Waals surface area contributed by atoms with Crippen LogP contribution in [0.5, 0.6) is 0 Å². The summed E-state index contributed by atoms with van der Waals surface area (Å²) < 4.78 is 1.66. The van der Waals surface area contributed by atoms with E-state index in [4.69, 9.17) is 0 Å². The molecule has 28 heavy (non-hydrogen) atoms. The van der Waals surface area contributed by atoms with Crippen LogP contribution in [-0.4, -0.2) is 26.3 Å². The molecule has 0 bridgehead atoms. The predicted octanol–water partition coefficient (Wildman–Crippen LogP) is 4.25. The van der Waals surface area contributed by atoms with E-state index in [1.165, 1.54) is 18.3 Å². The summed E-state index contributed by atoms with van der Waals surface area (Å²) in [6.07, 6.45) is 1.93. The minimum absolute atomic E-state index is 0.0929. The number of carbonyl (C=O) groups is 1. The lowest BCUT2D eigenvalue weighted by Gasteiger charge is -2.01. The van der Waals surface area contributed by atoms with Crippen molar-refractivity contribution in [3.63, 3.8) is 0 Å². The minimum atomic E-state index is -0.0929. The fraction of sp³-hybridized carbons (Fsp3) is 0.143. The summed E-state index contributed by atoms with van der Waals surface area (Å²) in [5, 5.41) is 14.8. The summed E-state index contributed by atoms with van der Waals surface area (Å²) in [6, 6.07) is 16.0. The number of hydrogen-bond acceptors (Lipinski definition) is 5. The van der Waals surface area contributed by atoms with Gasteiger partial charge in [-0.1, -0.05) is 47.2 Å². The number of ketones is 1. The van der Waals surface area contributed by atoms with Crippen molar-refractivity contribution in [1.82, 2.24) is 14.8 Å². The molecule has 0 fully saturated rings. The molecular weight excluding hydrogens is 370 g/mol. The van der Waals surface area contributed by atoms with Gasteiger partial charge in [-0.25, -0.2) is 4.68 Å². The second-order valence-corrected chi connectivity index (χ2v) is 7.48. The Morgan fingerprint density at radius 1 is 1.11 bits per heavy atom. The number of para-hydroxylation sites is 1. The molecule has 0 spiro atoms. The zero-order valence-electron chi connectivity index (χ0n) is 15.8. The van der Waals surface area contributed by atoms with Crippen molar-refractivity contribution in [1.29, 1.82) is 0 Å². The Morgan fingerprint density at radius 3 is 2.61 bits per heavy atom. The molecule has 0 aliphatic rings. The molecule has 2 aromatic heterocycles. The molecule has 0 amide bonds. The topological polar surface area (TPSA) is 75.4 Å². The Kier molecular flexibility index (Phi) is 4.75. The molecular formula is C21H19N5OS. The quantitative estimate of drug-likeness (QED) is 0.322. The van der Waals surface area contributed by atoms with Crippen LogP contribution in [0, 0.1) is 6.92 Å². The van der Waals surface area contributed by atoms with Crippen molar-refractivity contribution in [3.05, 3.63) is 75.7 Å². The minimum Gasteiger partial charge on any atom is -0.360 e. The Morgan fingerprint density at radius 2 is 1.86 bits per heavy atom. The van der Waals surface area contributed by atoms with E-state index in [0.29, 0.717) is 9.81 Å². The van der Waals surface area contributed by atoms with Crippen molar-refractivity contribution < 1.29 is 4.79 Å². The predicted molar refractivity (Wildman–Crippen MR) is 112 cm³/mol.